The Morgan fingerprint density at radius 2 is 1.70 bits per heavy atom. The number of carboxylic acids is 2. The van der Waals surface area contributed by atoms with Gasteiger partial charge in [-0.3, -0.25) is 4.79 Å². The molecule has 9 nitrogen and oxygen atoms in total. The van der Waals surface area contributed by atoms with Gasteiger partial charge in [0.1, 0.15) is 11.4 Å². The van der Waals surface area contributed by atoms with Crippen LogP contribution in [-0.2, 0) is 19.4 Å². The molecule has 4 aromatic rings. The number of aromatic nitrogens is 1. The second-order valence-corrected chi connectivity index (χ2v) is 11.2. The Kier molecular flexibility index (Phi) is 7.80. The molecule has 43 heavy (non-hydrogen) atoms. The van der Waals surface area contributed by atoms with E-state index < -0.39 is 17.4 Å². The summed E-state index contributed by atoms with van der Waals surface area (Å²) in [5.74, 6) is -0.0758. The highest BCUT2D eigenvalue weighted by Gasteiger charge is 2.25. The minimum absolute atomic E-state index is 0.0491. The lowest BCUT2D eigenvalue weighted by Crippen LogP contribution is -2.25. The van der Waals surface area contributed by atoms with Gasteiger partial charge in [0.15, 0.2) is 16.9 Å². The number of hydrogen-bond donors (Lipinski definition) is 2. The van der Waals surface area contributed by atoms with Crippen LogP contribution in [0, 0.1) is 5.92 Å². The van der Waals surface area contributed by atoms with Crippen molar-refractivity contribution in [3.8, 4) is 17.2 Å². The van der Waals surface area contributed by atoms with Crippen LogP contribution in [0.15, 0.2) is 59.4 Å². The lowest BCUT2D eigenvalue weighted by Gasteiger charge is -2.21. The molecule has 2 aliphatic rings. The van der Waals surface area contributed by atoms with Crippen LogP contribution < -0.4 is 19.6 Å². The first-order chi connectivity index (χ1) is 20.8. The number of rotatable bonds is 10. The summed E-state index contributed by atoms with van der Waals surface area (Å²) >= 11 is 0. The number of fused-ring (bicyclic) bond motifs is 2. The number of nitrogens with zero attached hydrogens (tertiary/aromatic N) is 1. The molecule has 0 amide bonds. The minimum Gasteiger partial charge on any atom is -0.493 e. The Hall–Kier alpha value is -4.79. The maximum Gasteiger partial charge on any atom is 0.352 e. The van der Waals surface area contributed by atoms with Gasteiger partial charge in [0, 0.05) is 23.9 Å². The van der Waals surface area contributed by atoms with Crippen molar-refractivity contribution in [2.24, 2.45) is 5.92 Å². The number of pyridine rings is 1. The van der Waals surface area contributed by atoms with E-state index in [9.17, 15) is 24.6 Å². The predicted octanol–water partition coefficient (Wildman–Crippen LogP) is 5.90. The quantitative estimate of drug-likeness (QED) is 0.237. The van der Waals surface area contributed by atoms with Crippen LogP contribution in [0.4, 0.5) is 0 Å². The van der Waals surface area contributed by atoms with Gasteiger partial charge in [-0.25, -0.2) is 9.59 Å². The van der Waals surface area contributed by atoms with Gasteiger partial charge in [-0.2, -0.15) is 0 Å². The Morgan fingerprint density at radius 1 is 0.953 bits per heavy atom. The first-order valence-corrected chi connectivity index (χ1v) is 14.6. The van der Waals surface area contributed by atoms with E-state index in [0.717, 1.165) is 24.0 Å². The minimum atomic E-state index is -1.25. The summed E-state index contributed by atoms with van der Waals surface area (Å²) < 4.78 is 19.0. The smallest absolute Gasteiger partial charge is 0.352 e. The molecule has 0 saturated heterocycles. The molecule has 0 spiro atoms. The Labute approximate surface area is 248 Å². The highest BCUT2D eigenvalue weighted by atomic mass is 16.7. The number of hydrogen-bond acceptors (Lipinski definition) is 6. The summed E-state index contributed by atoms with van der Waals surface area (Å²) in [6.07, 6.45) is 5.27. The average molecular weight is 584 g/mol. The Balaban J connectivity index is 1.52. The molecule has 222 valence electrons. The topological polar surface area (TPSA) is 124 Å². The van der Waals surface area contributed by atoms with Gasteiger partial charge in [-0.05, 0) is 84.3 Å². The van der Waals surface area contributed by atoms with E-state index in [2.05, 4.69) is 0 Å². The van der Waals surface area contributed by atoms with E-state index in [0.29, 0.717) is 52.7 Å². The van der Waals surface area contributed by atoms with Crippen LogP contribution in [0.5, 0.6) is 17.2 Å². The summed E-state index contributed by atoms with van der Waals surface area (Å²) in [5.41, 5.74) is 2.39. The largest absolute Gasteiger partial charge is 0.493 e. The molecule has 2 heterocycles. The molecule has 1 fully saturated rings. The fraction of sp³-hybridized carbons (Fsp3) is 0.324. The Bertz CT molecular complexity index is 1780. The molecule has 1 saturated carbocycles. The van der Waals surface area contributed by atoms with E-state index in [1.54, 1.807) is 34.9 Å². The van der Waals surface area contributed by atoms with Gasteiger partial charge in [-0.1, -0.05) is 31.9 Å². The van der Waals surface area contributed by atoms with Crippen molar-refractivity contribution < 1.29 is 34.0 Å². The van der Waals surface area contributed by atoms with E-state index in [-0.39, 0.29) is 36.6 Å². The molecule has 0 unspecified atom stereocenters. The zero-order valence-corrected chi connectivity index (χ0v) is 23.9. The molecule has 0 bridgehead atoms. The van der Waals surface area contributed by atoms with Gasteiger partial charge in [0.2, 0.25) is 6.79 Å². The van der Waals surface area contributed by atoms with Crippen molar-refractivity contribution in [2.75, 3.05) is 13.4 Å². The zero-order chi connectivity index (χ0) is 30.1. The average Bonchev–Trinajstić information content (AvgIpc) is 3.70. The van der Waals surface area contributed by atoms with Crippen LogP contribution in [0.1, 0.15) is 75.7 Å². The van der Waals surface area contributed by atoms with Gasteiger partial charge in [0.05, 0.1) is 17.7 Å². The lowest BCUT2D eigenvalue weighted by atomic mass is 9.97. The van der Waals surface area contributed by atoms with Crippen molar-refractivity contribution in [3.05, 3.63) is 98.3 Å². The summed E-state index contributed by atoms with van der Waals surface area (Å²) in [7, 11) is 0. The summed E-state index contributed by atoms with van der Waals surface area (Å²) in [5, 5.41) is 20.4. The van der Waals surface area contributed by atoms with Crippen molar-refractivity contribution in [1.82, 2.24) is 4.57 Å². The zero-order valence-electron chi connectivity index (χ0n) is 23.9. The van der Waals surface area contributed by atoms with E-state index in [1.807, 2.05) is 19.1 Å². The van der Waals surface area contributed by atoms with Gasteiger partial charge >= 0.3 is 11.9 Å². The molecule has 1 aromatic heterocycles. The fourth-order valence-electron chi connectivity index (χ4n) is 6.23. The molecule has 1 aliphatic carbocycles. The first kappa shape index (κ1) is 28.3. The van der Waals surface area contributed by atoms with E-state index in [1.165, 1.54) is 25.0 Å². The lowest BCUT2D eigenvalue weighted by molar-refractivity contribution is 0.0677. The third kappa shape index (κ3) is 5.67. The Morgan fingerprint density at radius 3 is 2.40 bits per heavy atom. The first-order valence-electron chi connectivity index (χ1n) is 14.6. The number of benzene rings is 3. The molecular formula is C34H33NO8. The molecule has 1 aliphatic heterocycles. The van der Waals surface area contributed by atoms with Crippen molar-refractivity contribution in [3.63, 3.8) is 0 Å². The normalized spacial score (nSPS) is 14.3. The third-order valence-corrected chi connectivity index (χ3v) is 8.46. The third-order valence-electron chi connectivity index (χ3n) is 8.46. The highest BCUT2D eigenvalue weighted by molar-refractivity contribution is 5.93. The van der Waals surface area contributed by atoms with Crippen LogP contribution >= 0.6 is 0 Å². The SMILES string of the molecule is CCc1cc2c(cc1Cn1c(C(=O)O)c(Cc3cccc(C(=O)O)c3)c(=O)c3cc(OCC4CCCC4)ccc31)OCO2. The standard InChI is InChI=1S/C34H33NO8/c1-2-22-14-29-30(43-19-42-29)15-24(22)17-35-28-11-10-25(41-18-20-6-3-4-7-20)16-26(28)32(36)27(31(35)34(39)40)13-21-8-5-9-23(12-21)33(37)38/h5,8-12,14-16,20H,2-4,6-7,13,17-19H2,1H3,(H,37,38)(H,39,40). The van der Waals surface area contributed by atoms with E-state index in [4.69, 9.17) is 14.2 Å². The number of ether oxygens (including phenoxy) is 3. The molecular weight excluding hydrogens is 550 g/mol. The molecule has 2 N–H and O–H groups in total. The van der Waals surface area contributed by atoms with E-state index >= 15 is 0 Å². The van der Waals surface area contributed by atoms with Crippen LogP contribution in [-0.4, -0.2) is 40.1 Å². The summed E-state index contributed by atoms with van der Waals surface area (Å²) in [6.45, 7) is 2.87. The second-order valence-electron chi connectivity index (χ2n) is 11.2. The molecule has 3 aromatic carbocycles. The monoisotopic (exact) mass is 583 g/mol. The maximum absolute atomic E-state index is 14.1. The second kappa shape index (κ2) is 11.8. The van der Waals surface area contributed by atoms with Crippen molar-refractivity contribution in [1.29, 1.82) is 0 Å². The van der Waals surface area contributed by atoms with Crippen LogP contribution in [0.2, 0.25) is 0 Å². The molecule has 6 rings (SSSR count). The fourth-order valence-corrected chi connectivity index (χ4v) is 6.23. The summed E-state index contributed by atoms with van der Waals surface area (Å²) in [4.78, 5) is 38.6. The summed E-state index contributed by atoms with van der Waals surface area (Å²) in [6, 6.07) is 15.2. The maximum atomic E-state index is 14.1. The molecule has 9 heteroatoms. The highest BCUT2D eigenvalue weighted by Crippen LogP contribution is 2.36. The molecule has 0 radical (unpaired) electrons. The van der Waals surface area contributed by atoms with Crippen LogP contribution in [0.3, 0.4) is 0 Å². The van der Waals surface area contributed by atoms with Gasteiger partial charge in [0.25, 0.3) is 0 Å². The van der Waals surface area contributed by atoms with Crippen molar-refractivity contribution in [2.45, 2.75) is 52.0 Å². The number of carbonyl (C=O) groups is 2. The van der Waals surface area contributed by atoms with Crippen molar-refractivity contribution >= 4 is 22.8 Å². The number of aryl methyl sites for hydroxylation is 1. The predicted molar refractivity (Wildman–Crippen MR) is 160 cm³/mol. The molecule has 0 atom stereocenters. The van der Waals surface area contributed by atoms with Crippen LogP contribution in [0.25, 0.3) is 10.9 Å². The number of carboxylic acid groups (broad SMARTS) is 2. The number of aromatic carboxylic acids is 2. The van der Waals surface area contributed by atoms with Gasteiger partial charge < -0.3 is 29.0 Å². The van der Waals surface area contributed by atoms with Gasteiger partial charge in [-0.15, -0.1) is 0 Å².